The van der Waals surface area contributed by atoms with E-state index in [2.05, 4.69) is 10.2 Å². The van der Waals surface area contributed by atoms with Crippen molar-refractivity contribution in [1.82, 2.24) is 10.2 Å². The number of benzene rings is 1. The number of aromatic nitrogens is 2. The third kappa shape index (κ3) is 3.08. The van der Waals surface area contributed by atoms with Gasteiger partial charge in [0.1, 0.15) is 5.82 Å². The van der Waals surface area contributed by atoms with Gasteiger partial charge in [-0.15, -0.1) is 10.2 Å². The summed E-state index contributed by atoms with van der Waals surface area (Å²) in [6.07, 6.45) is 0. The summed E-state index contributed by atoms with van der Waals surface area (Å²) in [7, 11) is -4.21. The van der Waals surface area contributed by atoms with Crippen LogP contribution in [0.25, 0.3) is 11.5 Å². The van der Waals surface area contributed by atoms with Gasteiger partial charge in [0.15, 0.2) is 5.75 Å². The molecular formula is C9H7FN2O4S. The highest BCUT2D eigenvalue weighted by atomic mass is 32.2. The average molecular weight is 258 g/mol. The lowest BCUT2D eigenvalue weighted by atomic mass is 10.2. The molecule has 2 rings (SSSR count). The van der Waals surface area contributed by atoms with Gasteiger partial charge in [-0.05, 0) is 24.3 Å². The molecule has 0 amide bonds. The minimum atomic E-state index is -4.21. The predicted octanol–water partition coefficient (Wildman–Crippen LogP) is 1.26. The van der Waals surface area contributed by atoms with Gasteiger partial charge >= 0.3 is 0 Å². The Morgan fingerprint density at radius 3 is 2.47 bits per heavy atom. The van der Waals surface area contributed by atoms with E-state index in [0.29, 0.717) is 5.56 Å². The summed E-state index contributed by atoms with van der Waals surface area (Å²) in [5.74, 6) is -1.33. The van der Waals surface area contributed by atoms with E-state index >= 15 is 0 Å². The van der Waals surface area contributed by atoms with Crippen molar-refractivity contribution in [3.05, 3.63) is 36.0 Å². The first-order valence-electron chi connectivity index (χ1n) is 4.47. The highest BCUT2D eigenvalue weighted by Crippen LogP contribution is 2.18. The Hall–Kier alpha value is -1.80. The van der Waals surface area contributed by atoms with Crippen molar-refractivity contribution in [2.45, 2.75) is 5.75 Å². The molecule has 0 fully saturated rings. The Kier molecular flexibility index (Phi) is 2.90. The Morgan fingerprint density at radius 1 is 1.24 bits per heavy atom. The van der Waals surface area contributed by atoms with Crippen LogP contribution in [-0.2, 0) is 15.9 Å². The average Bonchev–Trinajstić information content (AvgIpc) is 2.64. The highest BCUT2D eigenvalue weighted by molar-refractivity contribution is 7.84. The van der Waals surface area contributed by atoms with Crippen LogP contribution in [0.2, 0.25) is 0 Å². The van der Waals surface area contributed by atoms with Crippen molar-refractivity contribution in [2.75, 3.05) is 0 Å². The standard InChI is InChI=1S/C9H7FN2O4S/c10-7-3-1-6(2-4-7)9-12-11-8(16-9)5-17(13,14)15/h1-4H,5H2,(H,13,14,15). The van der Waals surface area contributed by atoms with E-state index < -0.39 is 21.7 Å². The van der Waals surface area contributed by atoms with Crippen molar-refractivity contribution in [3.8, 4) is 11.5 Å². The Bertz CT molecular complexity index is 621. The quantitative estimate of drug-likeness (QED) is 0.833. The largest absolute Gasteiger partial charge is 0.419 e. The summed E-state index contributed by atoms with van der Waals surface area (Å²) in [5.41, 5.74) is 0.459. The molecule has 2 aromatic rings. The van der Waals surface area contributed by atoms with E-state index in [1.165, 1.54) is 24.3 Å². The molecule has 0 atom stereocenters. The molecule has 1 heterocycles. The lowest BCUT2D eigenvalue weighted by Gasteiger charge is -1.93. The van der Waals surface area contributed by atoms with Crippen LogP contribution in [0, 0.1) is 5.82 Å². The van der Waals surface area contributed by atoms with Crippen molar-refractivity contribution in [3.63, 3.8) is 0 Å². The first kappa shape index (κ1) is 11.7. The van der Waals surface area contributed by atoms with E-state index in [1.807, 2.05) is 0 Å². The molecule has 17 heavy (non-hydrogen) atoms. The zero-order valence-electron chi connectivity index (χ0n) is 8.37. The molecule has 0 aliphatic carbocycles. The molecular weight excluding hydrogens is 251 g/mol. The fourth-order valence-corrected chi connectivity index (χ4v) is 1.61. The fraction of sp³-hybridized carbons (Fsp3) is 0.111. The molecule has 0 saturated heterocycles. The highest BCUT2D eigenvalue weighted by Gasteiger charge is 2.14. The lowest BCUT2D eigenvalue weighted by molar-refractivity contribution is 0.465. The van der Waals surface area contributed by atoms with Crippen LogP contribution >= 0.6 is 0 Å². The number of hydrogen-bond acceptors (Lipinski definition) is 5. The van der Waals surface area contributed by atoms with Gasteiger partial charge < -0.3 is 4.42 Å². The van der Waals surface area contributed by atoms with E-state index in [4.69, 9.17) is 8.97 Å². The van der Waals surface area contributed by atoms with Crippen molar-refractivity contribution in [2.24, 2.45) is 0 Å². The summed E-state index contributed by atoms with van der Waals surface area (Å²) < 4.78 is 47.4. The Balaban J connectivity index is 2.27. The van der Waals surface area contributed by atoms with Crippen molar-refractivity contribution in [1.29, 1.82) is 0 Å². The molecule has 1 aromatic carbocycles. The van der Waals surface area contributed by atoms with Gasteiger partial charge in [0, 0.05) is 5.56 Å². The summed E-state index contributed by atoms with van der Waals surface area (Å²) >= 11 is 0. The molecule has 0 unspecified atom stereocenters. The molecule has 90 valence electrons. The Labute approximate surface area is 95.8 Å². The van der Waals surface area contributed by atoms with Crippen LogP contribution in [0.3, 0.4) is 0 Å². The van der Waals surface area contributed by atoms with Crippen LogP contribution < -0.4 is 0 Å². The van der Waals surface area contributed by atoms with Crippen LogP contribution in [-0.4, -0.2) is 23.2 Å². The number of hydrogen-bond donors (Lipinski definition) is 1. The monoisotopic (exact) mass is 258 g/mol. The second-order valence-corrected chi connectivity index (χ2v) is 4.69. The molecule has 0 aliphatic heterocycles. The molecule has 0 bridgehead atoms. The van der Waals surface area contributed by atoms with Crippen molar-refractivity contribution >= 4 is 10.1 Å². The van der Waals surface area contributed by atoms with E-state index in [0.717, 1.165) is 0 Å². The van der Waals surface area contributed by atoms with Crippen LogP contribution in [0.4, 0.5) is 4.39 Å². The van der Waals surface area contributed by atoms with Crippen molar-refractivity contribution < 1.29 is 21.8 Å². The van der Waals surface area contributed by atoms with Gasteiger partial charge in [-0.25, -0.2) is 4.39 Å². The summed E-state index contributed by atoms with van der Waals surface area (Å²) in [6.45, 7) is 0. The topological polar surface area (TPSA) is 93.3 Å². The Morgan fingerprint density at radius 2 is 1.88 bits per heavy atom. The van der Waals surface area contributed by atoms with Gasteiger partial charge in [0.05, 0.1) is 0 Å². The summed E-state index contributed by atoms with van der Waals surface area (Å²) in [5, 5.41) is 7.04. The molecule has 0 saturated carbocycles. The molecule has 6 nitrogen and oxygen atoms in total. The fourth-order valence-electron chi connectivity index (χ4n) is 1.18. The predicted molar refractivity (Wildman–Crippen MR) is 54.9 cm³/mol. The third-order valence-electron chi connectivity index (χ3n) is 1.86. The minimum absolute atomic E-state index is 0.0589. The second-order valence-electron chi connectivity index (χ2n) is 3.23. The zero-order chi connectivity index (χ0) is 12.5. The van der Waals surface area contributed by atoms with Gasteiger partial charge in [0.2, 0.25) is 11.8 Å². The molecule has 0 radical (unpaired) electrons. The van der Waals surface area contributed by atoms with Gasteiger partial charge in [-0.3, -0.25) is 4.55 Å². The smallest absolute Gasteiger partial charge is 0.273 e. The second kappa shape index (κ2) is 4.22. The van der Waals surface area contributed by atoms with Gasteiger partial charge in [-0.1, -0.05) is 0 Å². The van der Waals surface area contributed by atoms with Gasteiger partial charge in [0.25, 0.3) is 10.1 Å². The third-order valence-corrected chi connectivity index (χ3v) is 2.48. The minimum Gasteiger partial charge on any atom is -0.419 e. The van der Waals surface area contributed by atoms with E-state index in [9.17, 15) is 12.8 Å². The molecule has 0 aliphatic rings. The molecule has 1 N–H and O–H groups in total. The van der Waals surface area contributed by atoms with Crippen LogP contribution in [0.5, 0.6) is 0 Å². The SMILES string of the molecule is O=S(=O)(O)Cc1nnc(-c2ccc(F)cc2)o1. The maximum atomic E-state index is 12.7. The maximum Gasteiger partial charge on any atom is 0.273 e. The van der Waals surface area contributed by atoms with Crippen LogP contribution in [0.1, 0.15) is 5.89 Å². The number of rotatable bonds is 3. The number of nitrogens with zero attached hydrogens (tertiary/aromatic N) is 2. The number of halogens is 1. The van der Waals surface area contributed by atoms with E-state index in [-0.39, 0.29) is 11.8 Å². The first-order valence-corrected chi connectivity index (χ1v) is 6.08. The maximum absolute atomic E-state index is 12.7. The van der Waals surface area contributed by atoms with Gasteiger partial charge in [-0.2, -0.15) is 8.42 Å². The first-order chi connectivity index (χ1) is 7.94. The molecule has 8 heteroatoms. The summed E-state index contributed by atoms with van der Waals surface area (Å²) in [6, 6.07) is 5.25. The molecule has 1 aromatic heterocycles. The summed E-state index contributed by atoms with van der Waals surface area (Å²) in [4.78, 5) is 0. The normalized spacial score (nSPS) is 11.6. The lowest BCUT2D eigenvalue weighted by Crippen LogP contribution is -2.01. The van der Waals surface area contributed by atoms with Crippen LogP contribution in [0.15, 0.2) is 28.7 Å². The zero-order valence-corrected chi connectivity index (χ0v) is 9.19. The molecule has 0 spiro atoms. The van der Waals surface area contributed by atoms with E-state index in [1.54, 1.807) is 0 Å².